The van der Waals surface area contributed by atoms with Crippen molar-refractivity contribution in [2.75, 3.05) is 11.9 Å². The van der Waals surface area contributed by atoms with Crippen LogP contribution in [0.4, 0.5) is 5.69 Å². The van der Waals surface area contributed by atoms with E-state index in [9.17, 15) is 4.79 Å². The van der Waals surface area contributed by atoms with E-state index in [0.29, 0.717) is 0 Å². The van der Waals surface area contributed by atoms with Crippen LogP contribution in [0.1, 0.15) is 59.3 Å². The fourth-order valence-electron chi connectivity index (χ4n) is 3.41. The molecule has 0 aliphatic carbocycles. The van der Waals surface area contributed by atoms with Crippen molar-refractivity contribution in [1.29, 1.82) is 0 Å². The third-order valence-electron chi connectivity index (χ3n) is 5.21. The van der Waals surface area contributed by atoms with Gasteiger partial charge in [0.2, 0.25) is 0 Å². The Morgan fingerprint density at radius 2 is 1.50 bits per heavy atom. The number of para-hydroxylation sites is 1. The van der Waals surface area contributed by atoms with E-state index in [1.54, 1.807) is 4.90 Å². The van der Waals surface area contributed by atoms with Crippen molar-refractivity contribution in [1.82, 2.24) is 0 Å². The van der Waals surface area contributed by atoms with Crippen LogP contribution in [0.5, 0.6) is 0 Å². The van der Waals surface area contributed by atoms with E-state index in [1.165, 1.54) is 51.8 Å². The number of halogens is 1. The predicted octanol–water partition coefficient (Wildman–Crippen LogP) is 7.36. The fourth-order valence-corrected chi connectivity index (χ4v) is 18.0. The van der Waals surface area contributed by atoms with Gasteiger partial charge in [-0.2, -0.15) is 0 Å². The number of unbranched alkanes of at least 4 members (excludes halogenated alkanes) is 3. The van der Waals surface area contributed by atoms with Gasteiger partial charge >= 0.3 is 174 Å². The Balaban J connectivity index is 2.98. The van der Waals surface area contributed by atoms with Crippen LogP contribution in [0.3, 0.4) is 0 Å². The molecule has 1 rings (SSSR count). The van der Waals surface area contributed by atoms with Crippen LogP contribution in [0, 0.1) is 0 Å². The molecule has 26 heavy (non-hydrogen) atoms. The zero-order valence-corrected chi connectivity index (χ0v) is 21.5. The van der Waals surface area contributed by atoms with Gasteiger partial charge in [-0.1, -0.05) is 0 Å². The number of anilines is 1. The second-order valence-corrected chi connectivity index (χ2v) is 21.2. The Kier molecular flexibility index (Phi) is 11.9. The van der Waals surface area contributed by atoms with Crippen molar-refractivity contribution in [3.63, 3.8) is 0 Å². The molecule has 0 atom stereocenters. The molecule has 0 spiro atoms. The minimum absolute atomic E-state index is 0.0995. The first-order valence-corrected chi connectivity index (χ1v) is 18.7. The average molecular weight is 529 g/mol. The van der Waals surface area contributed by atoms with Crippen LogP contribution in [0.15, 0.2) is 38.9 Å². The summed E-state index contributed by atoms with van der Waals surface area (Å²) in [6.45, 7) is 6.85. The summed E-state index contributed by atoms with van der Waals surface area (Å²) >= 11 is 1.16. The summed E-state index contributed by atoms with van der Waals surface area (Å²) in [7, 11) is 1.87. The molecule has 0 unspecified atom stereocenters. The van der Waals surface area contributed by atoms with Crippen LogP contribution in [0.25, 0.3) is 0 Å². The van der Waals surface area contributed by atoms with Crippen LogP contribution < -0.4 is 4.90 Å². The molecule has 4 heteroatoms. The number of hydrogen-bond acceptors (Lipinski definition) is 1. The number of amides is 1. The molecule has 146 valence electrons. The zero-order valence-electron chi connectivity index (χ0n) is 17.1. The van der Waals surface area contributed by atoms with Crippen molar-refractivity contribution >= 4 is 45.9 Å². The third-order valence-corrected chi connectivity index (χ3v) is 19.9. The molecule has 1 aromatic carbocycles. The number of hydrogen-bond donors (Lipinski definition) is 0. The Labute approximate surface area is 173 Å². The van der Waals surface area contributed by atoms with Gasteiger partial charge in [0.15, 0.2) is 0 Å². The summed E-state index contributed by atoms with van der Waals surface area (Å²) < 4.78 is 7.60. The summed E-state index contributed by atoms with van der Waals surface area (Å²) in [5, 5.41) is 0. The molecule has 0 saturated heterocycles. The van der Waals surface area contributed by atoms with Crippen LogP contribution in [0.2, 0.25) is 13.3 Å². The Bertz CT molecular complexity index is 551. The van der Waals surface area contributed by atoms with E-state index in [0.717, 1.165) is 10.2 Å². The average Bonchev–Trinajstić information content (AvgIpc) is 2.66. The summed E-state index contributed by atoms with van der Waals surface area (Å²) in [5.41, 5.74) is 0.929. The monoisotopic (exact) mass is 529 g/mol. The van der Waals surface area contributed by atoms with Gasteiger partial charge in [0.1, 0.15) is 0 Å². The second-order valence-electron chi connectivity index (χ2n) is 7.36. The van der Waals surface area contributed by atoms with E-state index in [1.807, 2.05) is 37.4 Å². The standard InChI is InChI=1S/C10H9BrNO.3C4H9.Sn/c1-3-10(13)12(2)9-7-5-4-6-8(9)11;3*1-3-4-2;/h1,3-7H,2H3;3*1,3-4H2,2H3;. The summed E-state index contributed by atoms with van der Waals surface area (Å²) in [4.78, 5) is 14.6. The van der Waals surface area contributed by atoms with Gasteiger partial charge in [-0.05, 0) is 0 Å². The summed E-state index contributed by atoms with van der Waals surface area (Å²) in [6.07, 6.45) is 9.66. The van der Waals surface area contributed by atoms with Crippen LogP contribution in [-0.4, -0.2) is 31.3 Å². The van der Waals surface area contributed by atoms with Gasteiger partial charge < -0.3 is 0 Å². The van der Waals surface area contributed by atoms with Gasteiger partial charge in [-0.15, -0.1) is 0 Å². The van der Waals surface area contributed by atoms with Crippen molar-refractivity contribution in [3.05, 3.63) is 38.9 Å². The van der Waals surface area contributed by atoms with Gasteiger partial charge in [-0.25, -0.2) is 0 Å². The fraction of sp³-hybridized carbons (Fsp3) is 0.591. The van der Waals surface area contributed by atoms with Gasteiger partial charge in [0.05, 0.1) is 0 Å². The number of likely N-dealkylation sites (N-methyl/N-ethyl adjacent to an activating group) is 1. The summed E-state index contributed by atoms with van der Waals surface area (Å²) in [5.74, 6) is 0.0995. The molecule has 0 N–H and O–H groups in total. The molecule has 0 aromatic heterocycles. The summed E-state index contributed by atoms with van der Waals surface area (Å²) in [6, 6.07) is 7.91. The molecule has 0 aliphatic heterocycles. The minimum atomic E-state index is -2.39. The number of benzene rings is 1. The van der Waals surface area contributed by atoms with E-state index in [-0.39, 0.29) is 5.91 Å². The topological polar surface area (TPSA) is 20.3 Å². The molecular weight excluding hydrogens is 493 g/mol. The SMILES string of the molecule is CCC[CH2][Sn](/[CH]=C/C(=O)N(C)c1ccccc1Br)([CH2]CCC)[CH2]CCC. The van der Waals surface area contributed by atoms with E-state index < -0.39 is 18.4 Å². The molecule has 0 fully saturated rings. The Hall–Kier alpha value is -0.291. The third kappa shape index (κ3) is 7.75. The predicted molar refractivity (Wildman–Crippen MR) is 122 cm³/mol. The number of carbonyl (C=O) groups excluding carboxylic acids is 1. The first-order chi connectivity index (χ1) is 12.5. The van der Waals surface area contributed by atoms with Gasteiger partial charge in [-0.3, -0.25) is 0 Å². The quantitative estimate of drug-likeness (QED) is 0.205. The molecule has 1 aromatic rings. The maximum absolute atomic E-state index is 12.8. The number of rotatable bonds is 12. The Morgan fingerprint density at radius 3 is 1.96 bits per heavy atom. The van der Waals surface area contributed by atoms with E-state index >= 15 is 0 Å². The van der Waals surface area contributed by atoms with Crippen molar-refractivity contribution in [2.45, 2.75) is 72.6 Å². The van der Waals surface area contributed by atoms with Gasteiger partial charge in [0.25, 0.3) is 0 Å². The molecule has 1 amide bonds. The molecule has 0 bridgehead atoms. The van der Waals surface area contributed by atoms with Gasteiger partial charge in [0, 0.05) is 0 Å². The number of carbonyl (C=O) groups is 1. The van der Waals surface area contributed by atoms with Crippen molar-refractivity contribution in [2.24, 2.45) is 0 Å². The second kappa shape index (κ2) is 13.0. The molecule has 0 saturated carbocycles. The van der Waals surface area contributed by atoms with Crippen molar-refractivity contribution < 1.29 is 4.79 Å². The zero-order chi connectivity index (χ0) is 19.4. The molecule has 0 heterocycles. The van der Waals surface area contributed by atoms with Crippen LogP contribution in [-0.2, 0) is 4.79 Å². The first kappa shape index (κ1) is 23.7. The molecule has 0 radical (unpaired) electrons. The van der Waals surface area contributed by atoms with E-state index in [2.05, 4.69) is 40.8 Å². The van der Waals surface area contributed by atoms with Crippen LogP contribution >= 0.6 is 15.9 Å². The molecule has 2 nitrogen and oxygen atoms in total. The molecular formula is C22H36BrNOSn. The first-order valence-electron chi connectivity index (χ1n) is 10.2. The van der Waals surface area contributed by atoms with Crippen molar-refractivity contribution in [3.8, 4) is 0 Å². The molecule has 0 aliphatic rings. The number of nitrogens with zero attached hydrogens (tertiary/aromatic N) is 1. The normalized spacial score (nSPS) is 11.9. The van der Waals surface area contributed by atoms with E-state index in [4.69, 9.17) is 0 Å². The maximum atomic E-state index is 12.8. The Morgan fingerprint density at radius 1 is 1.00 bits per heavy atom.